The Kier molecular flexibility index (Phi) is 8.75. The van der Waals surface area contributed by atoms with E-state index in [0.717, 1.165) is 70.2 Å². The van der Waals surface area contributed by atoms with E-state index in [2.05, 4.69) is 21.5 Å². The summed E-state index contributed by atoms with van der Waals surface area (Å²) in [6, 6.07) is 23.1. The van der Waals surface area contributed by atoms with Gasteiger partial charge in [0.25, 0.3) is 5.91 Å². The second-order valence-corrected chi connectivity index (χ2v) is 10.4. The summed E-state index contributed by atoms with van der Waals surface area (Å²) in [5.41, 5.74) is 7.53. The van der Waals surface area contributed by atoms with Crippen molar-refractivity contribution in [1.29, 1.82) is 0 Å². The zero-order valence-electron chi connectivity index (χ0n) is 22.2. The zero-order valence-corrected chi connectivity index (χ0v) is 23.0. The first-order valence-electron chi connectivity index (χ1n) is 13.1. The average molecular weight is 541 g/mol. The predicted molar refractivity (Wildman–Crippen MR) is 159 cm³/mol. The van der Waals surface area contributed by atoms with Gasteiger partial charge in [-0.25, -0.2) is 10.4 Å². The molecule has 2 heterocycles. The van der Waals surface area contributed by atoms with Gasteiger partial charge < -0.3 is 9.47 Å². The summed E-state index contributed by atoms with van der Waals surface area (Å²) < 4.78 is 11.2. The number of nitrogens with one attached hydrogen (secondary N) is 1. The van der Waals surface area contributed by atoms with Gasteiger partial charge in [0.05, 0.1) is 36.7 Å². The number of hydrogen-bond acceptors (Lipinski definition) is 7. The van der Waals surface area contributed by atoms with E-state index in [1.54, 1.807) is 19.4 Å². The molecular weight excluding hydrogens is 508 g/mol. The number of carbonyl (C=O) groups excluding carboxylic acids is 1. The number of amides is 1. The molecule has 4 aromatic rings. The molecule has 0 aliphatic carbocycles. The Balaban J connectivity index is 1.37. The van der Waals surface area contributed by atoms with Crippen molar-refractivity contribution < 1.29 is 14.3 Å². The lowest BCUT2D eigenvalue weighted by Crippen LogP contribution is -2.32. The number of fused-ring (bicyclic) bond motifs is 1. The number of benzene rings is 3. The minimum atomic E-state index is -0.299. The molecule has 0 spiro atoms. The molecule has 1 aromatic heterocycles. The van der Waals surface area contributed by atoms with Crippen molar-refractivity contribution in [3.63, 3.8) is 0 Å². The normalized spacial score (nSPS) is 14.0. The first-order valence-corrected chi connectivity index (χ1v) is 14.2. The fourth-order valence-electron chi connectivity index (χ4n) is 4.65. The van der Waals surface area contributed by atoms with Crippen LogP contribution in [0.5, 0.6) is 11.5 Å². The van der Waals surface area contributed by atoms with Gasteiger partial charge in [0.15, 0.2) is 0 Å². The molecule has 1 fully saturated rings. The topological polar surface area (TPSA) is 76.1 Å². The Morgan fingerprint density at radius 3 is 2.74 bits per heavy atom. The van der Waals surface area contributed by atoms with Gasteiger partial charge in [-0.1, -0.05) is 30.3 Å². The number of aromatic nitrogens is 1. The van der Waals surface area contributed by atoms with Crippen LogP contribution in [0.3, 0.4) is 0 Å². The molecule has 0 unspecified atom stereocenters. The van der Waals surface area contributed by atoms with Crippen molar-refractivity contribution >= 4 is 34.8 Å². The van der Waals surface area contributed by atoms with Crippen LogP contribution in [0.1, 0.15) is 28.4 Å². The van der Waals surface area contributed by atoms with Crippen LogP contribution < -0.4 is 14.9 Å². The zero-order chi connectivity index (χ0) is 27.0. The van der Waals surface area contributed by atoms with Crippen molar-refractivity contribution in [2.24, 2.45) is 5.10 Å². The van der Waals surface area contributed by atoms with Crippen LogP contribution in [-0.2, 0) is 6.54 Å². The van der Waals surface area contributed by atoms with Gasteiger partial charge in [-0.05, 0) is 55.0 Å². The summed E-state index contributed by atoms with van der Waals surface area (Å²) in [5.74, 6) is 3.63. The van der Waals surface area contributed by atoms with Gasteiger partial charge in [-0.3, -0.25) is 9.69 Å². The summed E-state index contributed by atoms with van der Waals surface area (Å²) in [4.78, 5) is 20.6. The number of hydrazone groups is 1. The molecule has 1 amide bonds. The number of methoxy groups -OCH3 is 1. The van der Waals surface area contributed by atoms with E-state index < -0.39 is 0 Å². The number of rotatable bonds is 9. The predicted octanol–water partition coefficient (Wildman–Crippen LogP) is 5.62. The lowest BCUT2D eigenvalue weighted by atomic mass is 10.0. The van der Waals surface area contributed by atoms with Gasteiger partial charge >= 0.3 is 0 Å². The van der Waals surface area contributed by atoms with E-state index in [-0.39, 0.29) is 5.91 Å². The monoisotopic (exact) mass is 540 g/mol. The summed E-state index contributed by atoms with van der Waals surface area (Å²) in [5, 5.41) is 5.05. The largest absolute Gasteiger partial charge is 0.496 e. The number of hydrogen-bond donors (Lipinski definition) is 1. The molecule has 1 N–H and O–H groups in total. The third-order valence-electron chi connectivity index (χ3n) is 6.58. The lowest BCUT2D eigenvalue weighted by molar-refractivity contribution is 0.0956. The summed E-state index contributed by atoms with van der Waals surface area (Å²) >= 11 is 1.99. The SMILES string of the molecule is CCOc1cccc(-c2cc(C(=O)NN=Cc3ccc(OC)c(CN4CCSCC4)c3)c3ccccc3n2)c1. The molecule has 0 atom stereocenters. The smallest absolute Gasteiger partial charge is 0.272 e. The van der Waals surface area contributed by atoms with Crippen molar-refractivity contribution in [3.8, 4) is 22.8 Å². The fraction of sp³-hybridized carbons (Fsp3) is 0.258. The van der Waals surface area contributed by atoms with Gasteiger partial charge in [0.2, 0.25) is 0 Å². The number of pyridine rings is 1. The molecule has 0 saturated carbocycles. The third-order valence-corrected chi connectivity index (χ3v) is 7.53. The van der Waals surface area contributed by atoms with E-state index in [1.165, 1.54) is 0 Å². The first kappa shape index (κ1) is 26.7. The number of nitrogens with zero attached hydrogens (tertiary/aromatic N) is 3. The highest BCUT2D eigenvalue weighted by Crippen LogP contribution is 2.27. The molecule has 39 heavy (non-hydrogen) atoms. The highest BCUT2D eigenvalue weighted by Gasteiger charge is 2.15. The molecule has 1 saturated heterocycles. The minimum absolute atomic E-state index is 0.299. The van der Waals surface area contributed by atoms with Crippen LogP contribution in [0.15, 0.2) is 77.9 Å². The molecule has 7 nitrogen and oxygen atoms in total. The van der Waals surface area contributed by atoms with E-state index >= 15 is 0 Å². The average Bonchev–Trinajstić information content (AvgIpc) is 2.97. The maximum absolute atomic E-state index is 13.3. The minimum Gasteiger partial charge on any atom is -0.496 e. The van der Waals surface area contributed by atoms with Gasteiger partial charge in [-0.15, -0.1) is 0 Å². The van der Waals surface area contributed by atoms with Crippen LogP contribution in [0.4, 0.5) is 0 Å². The van der Waals surface area contributed by atoms with Crippen LogP contribution >= 0.6 is 11.8 Å². The molecule has 8 heteroatoms. The van der Waals surface area contributed by atoms with E-state index in [4.69, 9.17) is 14.5 Å². The quantitative estimate of drug-likeness (QED) is 0.219. The molecule has 0 bridgehead atoms. The molecule has 1 aliphatic heterocycles. The maximum atomic E-state index is 13.3. The van der Waals surface area contributed by atoms with Gasteiger partial charge in [0.1, 0.15) is 11.5 Å². The second kappa shape index (κ2) is 12.8. The van der Waals surface area contributed by atoms with Gasteiger partial charge in [-0.2, -0.15) is 16.9 Å². The molecule has 200 valence electrons. The Hall–Kier alpha value is -3.88. The standard InChI is InChI=1S/C31H32N4O3S/c1-3-38-25-8-6-7-23(18-25)29-19-27(26-9-4-5-10-28(26)33-29)31(36)34-32-20-22-11-12-30(37-2)24(17-22)21-35-13-15-39-16-14-35/h4-12,17-20H,3,13-16,21H2,1-2H3,(H,34,36). The molecule has 5 rings (SSSR count). The number of ether oxygens (including phenoxy) is 2. The Morgan fingerprint density at radius 1 is 1.08 bits per heavy atom. The van der Waals surface area contributed by atoms with Crippen LogP contribution in [-0.4, -0.2) is 60.3 Å². The molecule has 3 aromatic carbocycles. The van der Waals surface area contributed by atoms with Crippen molar-refractivity contribution in [1.82, 2.24) is 15.3 Å². The summed E-state index contributed by atoms with van der Waals surface area (Å²) in [7, 11) is 1.69. The first-order chi connectivity index (χ1) is 19.1. The van der Waals surface area contributed by atoms with Crippen molar-refractivity contribution in [3.05, 3.63) is 89.5 Å². The Morgan fingerprint density at radius 2 is 1.92 bits per heavy atom. The maximum Gasteiger partial charge on any atom is 0.272 e. The molecule has 0 radical (unpaired) electrons. The second-order valence-electron chi connectivity index (χ2n) is 9.19. The fourth-order valence-corrected chi connectivity index (χ4v) is 5.63. The highest BCUT2D eigenvalue weighted by molar-refractivity contribution is 7.99. The van der Waals surface area contributed by atoms with E-state index in [0.29, 0.717) is 17.9 Å². The van der Waals surface area contributed by atoms with E-state index in [9.17, 15) is 4.79 Å². The molecule has 1 aliphatic rings. The lowest BCUT2D eigenvalue weighted by Gasteiger charge is -2.26. The van der Waals surface area contributed by atoms with E-state index in [1.807, 2.05) is 79.3 Å². The van der Waals surface area contributed by atoms with Crippen molar-refractivity contribution in [2.75, 3.05) is 38.3 Å². The summed E-state index contributed by atoms with van der Waals surface area (Å²) in [6.07, 6.45) is 1.67. The number of para-hydroxylation sites is 1. The van der Waals surface area contributed by atoms with Crippen LogP contribution in [0.2, 0.25) is 0 Å². The Labute approximate surface area is 233 Å². The van der Waals surface area contributed by atoms with Crippen LogP contribution in [0, 0.1) is 0 Å². The third kappa shape index (κ3) is 6.58. The van der Waals surface area contributed by atoms with Crippen molar-refractivity contribution in [2.45, 2.75) is 13.5 Å². The van der Waals surface area contributed by atoms with Gasteiger partial charge in [0, 0.05) is 47.7 Å². The number of carbonyl (C=O) groups is 1. The highest BCUT2D eigenvalue weighted by atomic mass is 32.2. The molecular formula is C31H32N4O3S. The summed E-state index contributed by atoms with van der Waals surface area (Å²) in [6.45, 7) is 5.49. The Bertz CT molecular complexity index is 1480. The van der Waals surface area contributed by atoms with Crippen LogP contribution in [0.25, 0.3) is 22.2 Å². The number of thioether (sulfide) groups is 1.